The predicted molar refractivity (Wildman–Crippen MR) is 57.1 cm³/mol. The minimum absolute atomic E-state index is 0.118. The number of carbonyl (C=O) groups excluding carboxylic acids is 1. The lowest BCUT2D eigenvalue weighted by Gasteiger charge is -2.26. The number of hydrogen-bond donors (Lipinski definition) is 2. The van der Waals surface area contributed by atoms with Gasteiger partial charge in [0.15, 0.2) is 0 Å². The maximum Gasteiger partial charge on any atom is 0.220 e. The summed E-state index contributed by atoms with van der Waals surface area (Å²) >= 11 is 0. The third-order valence-electron chi connectivity index (χ3n) is 2.53. The van der Waals surface area contributed by atoms with E-state index in [1.165, 1.54) is 0 Å². The molecule has 1 saturated heterocycles. The van der Waals surface area contributed by atoms with E-state index in [0.29, 0.717) is 18.9 Å². The van der Waals surface area contributed by atoms with Crippen LogP contribution in [0.1, 0.15) is 12.1 Å². The smallest absolute Gasteiger partial charge is 0.220 e. The maximum atomic E-state index is 11.5. The van der Waals surface area contributed by atoms with Crippen molar-refractivity contribution in [2.45, 2.75) is 13.0 Å². The van der Waals surface area contributed by atoms with Crippen molar-refractivity contribution in [1.82, 2.24) is 15.6 Å². The molecule has 1 fully saturated rings. The van der Waals surface area contributed by atoms with Gasteiger partial charge in [-0.05, 0) is 31.1 Å². The number of hydrogen-bond acceptors (Lipinski definition) is 3. The quantitative estimate of drug-likeness (QED) is 0.743. The molecule has 0 atom stereocenters. The molecular formula is C11H15N3O. The fourth-order valence-electron chi connectivity index (χ4n) is 1.52. The Hall–Kier alpha value is -1.42. The van der Waals surface area contributed by atoms with Crippen LogP contribution in [0.3, 0.4) is 0 Å². The van der Waals surface area contributed by atoms with Crippen LogP contribution in [0.5, 0.6) is 0 Å². The van der Waals surface area contributed by atoms with Crippen LogP contribution in [0.25, 0.3) is 0 Å². The minimum atomic E-state index is 0.118. The van der Waals surface area contributed by atoms with Crippen molar-refractivity contribution in [2.24, 2.45) is 5.92 Å². The van der Waals surface area contributed by atoms with Gasteiger partial charge in [-0.3, -0.25) is 9.78 Å². The zero-order valence-electron chi connectivity index (χ0n) is 8.57. The molecule has 1 aromatic heterocycles. The number of amides is 1. The van der Waals surface area contributed by atoms with Crippen molar-refractivity contribution >= 4 is 5.91 Å². The van der Waals surface area contributed by atoms with Crippen LogP contribution in [0, 0.1) is 5.92 Å². The molecule has 4 heteroatoms. The molecule has 15 heavy (non-hydrogen) atoms. The first-order chi connectivity index (χ1) is 7.34. The molecule has 1 amide bonds. The van der Waals surface area contributed by atoms with Gasteiger partial charge in [-0.1, -0.05) is 6.07 Å². The Morgan fingerprint density at radius 3 is 3.00 bits per heavy atom. The highest BCUT2D eigenvalue weighted by Crippen LogP contribution is 2.07. The minimum Gasteiger partial charge on any atom is -0.350 e. The molecule has 2 rings (SSSR count). The number of rotatable bonds is 4. The summed E-state index contributed by atoms with van der Waals surface area (Å²) in [7, 11) is 0. The average Bonchev–Trinajstić information content (AvgIpc) is 2.22. The van der Waals surface area contributed by atoms with Gasteiger partial charge in [0.2, 0.25) is 5.91 Å². The first kappa shape index (κ1) is 10.1. The number of carbonyl (C=O) groups is 1. The van der Waals surface area contributed by atoms with Gasteiger partial charge in [-0.15, -0.1) is 0 Å². The lowest BCUT2D eigenvalue weighted by Crippen LogP contribution is -2.44. The van der Waals surface area contributed by atoms with Crippen molar-refractivity contribution in [1.29, 1.82) is 0 Å². The standard InChI is InChI=1S/C11H15N3O/c15-11(5-9-6-12-7-9)14-8-10-3-1-2-4-13-10/h1-4,9,12H,5-8H2,(H,14,15). The summed E-state index contributed by atoms with van der Waals surface area (Å²) in [5.74, 6) is 0.640. The van der Waals surface area contributed by atoms with E-state index >= 15 is 0 Å². The molecule has 0 aliphatic carbocycles. The molecule has 1 aliphatic rings. The van der Waals surface area contributed by atoms with E-state index in [0.717, 1.165) is 18.8 Å². The molecule has 1 aliphatic heterocycles. The van der Waals surface area contributed by atoms with E-state index in [4.69, 9.17) is 0 Å². The van der Waals surface area contributed by atoms with Crippen LogP contribution in [-0.2, 0) is 11.3 Å². The van der Waals surface area contributed by atoms with Crippen LogP contribution in [0.15, 0.2) is 24.4 Å². The van der Waals surface area contributed by atoms with Gasteiger partial charge in [0.05, 0.1) is 12.2 Å². The molecule has 0 spiro atoms. The number of pyridine rings is 1. The fourth-order valence-corrected chi connectivity index (χ4v) is 1.52. The van der Waals surface area contributed by atoms with Crippen LogP contribution in [-0.4, -0.2) is 24.0 Å². The third-order valence-corrected chi connectivity index (χ3v) is 2.53. The molecule has 0 bridgehead atoms. The number of nitrogens with one attached hydrogen (secondary N) is 2. The first-order valence-electron chi connectivity index (χ1n) is 5.22. The van der Waals surface area contributed by atoms with E-state index in [1.54, 1.807) is 6.20 Å². The van der Waals surface area contributed by atoms with Gasteiger partial charge in [0.1, 0.15) is 0 Å². The van der Waals surface area contributed by atoms with E-state index in [2.05, 4.69) is 15.6 Å². The van der Waals surface area contributed by atoms with Gasteiger partial charge < -0.3 is 10.6 Å². The van der Waals surface area contributed by atoms with Crippen LogP contribution < -0.4 is 10.6 Å². The largest absolute Gasteiger partial charge is 0.350 e. The van der Waals surface area contributed by atoms with E-state index in [-0.39, 0.29) is 5.91 Å². The Labute approximate surface area is 89.1 Å². The summed E-state index contributed by atoms with van der Waals surface area (Å²) in [5, 5.41) is 6.02. The van der Waals surface area contributed by atoms with Gasteiger partial charge in [-0.25, -0.2) is 0 Å². The Kier molecular flexibility index (Phi) is 3.29. The molecule has 0 unspecified atom stereocenters. The third kappa shape index (κ3) is 3.02. The summed E-state index contributed by atoms with van der Waals surface area (Å²) in [5.41, 5.74) is 0.901. The zero-order valence-corrected chi connectivity index (χ0v) is 8.57. The summed E-state index contributed by atoms with van der Waals surface area (Å²) in [4.78, 5) is 15.6. The molecule has 4 nitrogen and oxygen atoms in total. The first-order valence-corrected chi connectivity index (χ1v) is 5.22. The molecule has 0 radical (unpaired) electrons. The topological polar surface area (TPSA) is 54.0 Å². The second-order valence-electron chi connectivity index (χ2n) is 3.83. The summed E-state index contributed by atoms with van der Waals surface area (Å²) in [6, 6.07) is 5.70. The Balaban J connectivity index is 1.71. The van der Waals surface area contributed by atoms with Crippen molar-refractivity contribution in [2.75, 3.05) is 13.1 Å². The molecule has 1 aromatic rings. The van der Waals surface area contributed by atoms with Gasteiger partial charge >= 0.3 is 0 Å². The van der Waals surface area contributed by atoms with Gasteiger partial charge in [0, 0.05) is 12.6 Å². The van der Waals surface area contributed by atoms with E-state index in [1.807, 2.05) is 18.2 Å². The van der Waals surface area contributed by atoms with Gasteiger partial charge in [-0.2, -0.15) is 0 Å². The highest BCUT2D eigenvalue weighted by molar-refractivity contribution is 5.76. The Morgan fingerprint density at radius 1 is 1.53 bits per heavy atom. The molecule has 0 aromatic carbocycles. The Morgan fingerprint density at radius 2 is 2.40 bits per heavy atom. The summed E-state index contributed by atoms with van der Waals surface area (Å²) in [6.45, 7) is 2.47. The fraction of sp³-hybridized carbons (Fsp3) is 0.455. The predicted octanol–water partition coefficient (Wildman–Crippen LogP) is 0.307. The molecular weight excluding hydrogens is 190 g/mol. The number of nitrogens with zero attached hydrogens (tertiary/aromatic N) is 1. The second kappa shape index (κ2) is 4.89. The number of aromatic nitrogens is 1. The SMILES string of the molecule is O=C(CC1CNC1)NCc1ccccn1. The highest BCUT2D eigenvalue weighted by atomic mass is 16.1. The molecule has 2 heterocycles. The van der Waals surface area contributed by atoms with Crippen LogP contribution >= 0.6 is 0 Å². The normalized spacial score (nSPS) is 15.7. The van der Waals surface area contributed by atoms with Crippen LogP contribution in [0.2, 0.25) is 0 Å². The highest BCUT2D eigenvalue weighted by Gasteiger charge is 2.19. The lowest BCUT2D eigenvalue weighted by atomic mass is 9.99. The van der Waals surface area contributed by atoms with Crippen molar-refractivity contribution in [3.05, 3.63) is 30.1 Å². The lowest BCUT2D eigenvalue weighted by molar-refractivity contribution is -0.122. The van der Waals surface area contributed by atoms with Gasteiger partial charge in [0.25, 0.3) is 0 Å². The zero-order chi connectivity index (χ0) is 10.5. The van der Waals surface area contributed by atoms with E-state index < -0.39 is 0 Å². The van der Waals surface area contributed by atoms with Crippen molar-refractivity contribution in [3.63, 3.8) is 0 Å². The van der Waals surface area contributed by atoms with Crippen LogP contribution in [0.4, 0.5) is 0 Å². The molecule has 80 valence electrons. The Bertz CT molecular complexity index is 322. The molecule has 0 saturated carbocycles. The molecule has 2 N–H and O–H groups in total. The maximum absolute atomic E-state index is 11.5. The average molecular weight is 205 g/mol. The second-order valence-corrected chi connectivity index (χ2v) is 3.83. The van der Waals surface area contributed by atoms with E-state index in [9.17, 15) is 4.79 Å². The monoisotopic (exact) mass is 205 g/mol. The summed E-state index contributed by atoms with van der Waals surface area (Å²) < 4.78 is 0. The summed E-state index contributed by atoms with van der Waals surface area (Å²) in [6.07, 6.45) is 2.36. The van der Waals surface area contributed by atoms with Crippen molar-refractivity contribution in [3.8, 4) is 0 Å². The van der Waals surface area contributed by atoms with Crippen molar-refractivity contribution < 1.29 is 4.79 Å².